The maximum absolute atomic E-state index is 4.20. The van der Waals surface area contributed by atoms with Crippen molar-refractivity contribution in [1.29, 1.82) is 0 Å². The lowest BCUT2D eigenvalue weighted by Gasteiger charge is -2.14. The van der Waals surface area contributed by atoms with Crippen molar-refractivity contribution >= 4 is 5.57 Å². The Labute approximate surface area is 134 Å². The van der Waals surface area contributed by atoms with Crippen LogP contribution in [0, 0.1) is 12.8 Å². The average molecular weight is 289 g/mol. The molecule has 1 aromatic carbocycles. The molecule has 0 heteroatoms. The van der Waals surface area contributed by atoms with Crippen LogP contribution in [0.15, 0.2) is 43.5 Å². The van der Waals surface area contributed by atoms with E-state index in [1.165, 1.54) is 36.0 Å². The molecule has 1 aromatic rings. The lowest BCUT2D eigenvalue weighted by Crippen LogP contribution is -1.98. The Morgan fingerprint density at radius 2 is 1.62 bits per heavy atom. The van der Waals surface area contributed by atoms with Crippen molar-refractivity contribution in [3.05, 3.63) is 54.6 Å². The van der Waals surface area contributed by atoms with Crippen molar-refractivity contribution in [2.75, 3.05) is 0 Å². The van der Waals surface area contributed by atoms with Gasteiger partial charge in [0.1, 0.15) is 0 Å². The van der Waals surface area contributed by atoms with Crippen molar-refractivity contribution in [2.45, 2.75) is 67.2 Å². The van der Waals surface area contributed by atoms with E-state index < -0.39 is 0 Å². The van der Waals surface area contributed by atoms with Gasteiger partial charge >= 0.3 is 0 Å². The highest BCUT2D eigenvalue weighted by atomic mass is 14.1. The molecule has 1 atom stereocenters. The van der Waals surface area contributed by atoms with Gasteiger partial charge in [-0.05, 0) is 36.8 Å². The van der Waals surface area contributed by atoms with E-state index in [1.54, 1.807) is 0 Å². The third-order valence-corrected chi connectivity index (χ3v) is 3.23. The normalized spacial score (nSPS) is 10.4. The SMILES string of the molecule is C=CC(CCCC)CC(=C)c1ccc(C)cc1.CC.CC. The summed E-state index contributed by atoms with van der Waals surface area (Å²) in [5.74, 6) is 0.573. The fourth-order valence-electron chi connectivity index (χ4n) is 1.99. The summed E-state index contributed by atoms with van der Waals surface area (Å²) in [6.45, 7) is 20.5. The first-order valence-electron chi connectivity index (χ1n) is 8.54. The maximum Gasteiger partial charge on any atom is -0.0196 e. The molecule has 0 radical (unpaired) electrons. The minimum atomic E-state index is 0.573. The lowest BCUT2D eigenvalue weighted by atomic mass is 9.91. The molecule has 0 amide bonds. The molecule has 0 aliphatic carbocycles. The second kappa shape index (κ2) is 15.1. The van der Waals surface area contributed by atoms with Gasteiger partial charge in [0.05, 0.1) is 0 Å². The van der Waals surface area contributed by atoms with E-state index in [1.807, 2.05) is 27.7 Å². The van der Waals surface area contributed by atoms with Gasteiger partial charge in [-0.2, -0.15) is 0 Å². The van der Waals surface area contributed by atoms with Gasteiger partial charge < -0.3 is 0 Å². The summed E-state index contributed by atoms with van der Waals surface area (Å²) in [5.41, 5.74) is 3.79. The fraction of sp³-hybridized carbons (Fsp3) is 0.524. The highest BCUT2D eigenvalue weighted by molar-refractivity contribution is 5.63. The number of hydrogen-bond acceptors (Lipinski definition) is 0. The molecule has 0 nitrogen and oxygen atoms in total. The van der Waals surface area contributed by atoms with Crippen LogP contribution in [0.5, 0.6) is 0 Å². The zero-order valence-electron chi connectivity index (χ0n) is 15.2. The van der Waals surface area contributed by atoms with Crippen LogP contribution in [-0.4, -0.2) is 0 Å². The van der Waals surface area contributed by atoms with Gasteiger partial charge in [0.2, 0.25) is 0 Å². The van der Waals surface area contributed by atoms with Crippen LogP contribution < -0.4 is 0 Å². The average Bonchev–Trinajstić information content (AvgIpc) is 2.55. The largest absolute Gasteiger partial charge is 0.103 e. The molecule has 21 heavy (non-hydrogen) atoms. The van der Waals surface area contributed by atoms with E-state index in [9.17, 15) is 0 Å². The number of hydrogen-bond donors (Lipinski definition) is 0. The second-order valence-corrected chi connectivity index (χ2v) is 4.81. The minimum Gasteiger partial charge on any atom is -0.103 e. The third kappa shape index (κ3) is 10.1. The van der Waals surface area contributed by atoms with E-state index in [-0.39, 0.29) is 0 Å². The van der Waals surface area contributed by atoms with Gasteiger partial charge in [0.15, 0.2) is 0 Å². The Hall–Kier alpha value is -1.30. The number of aryl methyl sites for hydroxylation is 1. The summed E-state index contributed by atoms with van der Waals surface area (Å²) < 4.78 is 0. The van der Waals surface area contributed by atoms with Gasteiger partial charge in [-0.1, -0.05) is 89.9 Å². The molecule has 0 spiro atoms. The molecule has 0 fully saturated rings. The summed E-state index contributed by atoms with van der Waals surface area (Å²) in [6, 6.07) is 8.63. The monoisotopic (exact) mass is 288 g/mol. The van der Waals surface area contributed by atoms with Gasteiger partial charge in [-0.3, -0.25) is 0 Å². The van der Waals surface area contributed by atoms with Crippen molar-refractivity contribution < 1.29 is 0 Å². The van der Waals surface area contributed by atoms with Gasteiger partial charge in [-0.15, -0.1) is 6.58 Å². The summed E-state index contributed by atoms with van der Waals surface area (Å²) in [7, 11) is 0. The van der Waals surface area contributed by atoms with Crippen molar-refractivity contribution in [3.63, 3.8) is 0 Å². The zero-order chi connectivity index (χ0) is 16.7. The Morgan fingerprint density at radius 1 is 1.10 bits per heavy atom. The first kappa shape index (κ1) is 22.0. The van der Waals surface area contributed by atoms with Crippen LogP contribution >= 0.6 is 0 Å². The summed E-state index contributed by atoms with van der Waals surface area (Å²) in [5, 5.41) is 0. The maximum atomic E-state index is 4.20. The first-order chi connectivity index (χ1) is 10.2. The van der Waals surface area contributed by atoms with Crippen LogP contribution in [-0.2, 0) is 0 Å². The predicted octanol–water partition coefficient (Wildman–Crippen LogP) is 7.44. The van der Waals surface area contributed by atoms with Crippen LogP contribution in [0.2, 0.25) is 0 Å². The molecule has 120 valence electrons. The molecular formula is C21H36. The standard InChI is InChI=1S/C17H24.2C2H6/c1-5-7-8-16(6-2)13-15(4)17-11-9-14(3)10-12-17;2*1-2/h6,9-12,16H,2,4-5,7-8,13H2,1,3H3;2*1-2H3. The van der Waals surface area contributed by atoms with E-state index in [0.717, 1.165) is 6.42 Å². The molecule has 0 heterocycles. The molecule has 0 aliphatic heterocycles. The summed E-state index contributed by atoms with van der Waals surface area (Å²) >= 11 is 0. The van der Waals surface area contributed by atoms with E-state index in [4.69, 9.17) is 0 Å². The van der Waals surface area contributed by atoms with Gasteiger partial charge in [0.25, 0.3) is 0 Å². The Kier molecular flexibility index (Phi) is 15.8. The molecular weight excluding hydrogens is 252 g/mol. The second-order valence-electron chi connectivity index (χ2n) is 4.81. The fourth-order valence-corrected chi connectivity index (χ4v) is 1.99. The first-order valence-corrected chi connectivity index (χ1v) is 8.54. The highest BCUT2D eigenvalue weighted by Crippen LogP contribution is 2.25. The Morgan fingerprint density at radius 3 is 2.05 bits per heavy atom. The minimum absolute atomic E-state index is 0.573. The summed E-state index contributed by atoms with van der Waals surface area (Å²) in [6.07, 6.45) is 6.87. The molecule has 1 rings (SSSR count). The molecule has 0 aromatic heterocycles. The smallest absolute Gasteiger partial charge is 0.0196 e. The molecule has 0 bridgehead atoms. The van der Waals surface area contributed by atoms with Crippen LogP contribution in [0.25, 0.3) is 5.57 Å². The number of rotatable bonds is 7. The van der Waals surface area contributed by atoms with Gasteiger partial charge in [0, 0.05) is 0 Å². The van der Waals surface area contributed by atoms with E-state index >= 15 is 0 Å². The molecule has 0 saturated carbocycles. The van der Waals surface area contributed by atoms with Crippen molar-refractivity contribution in [2.24, 2.45) is 5.92 Å². The molecule has 0 saturated heterocycles. The predicted molar refractivity (Wildman–Crippen MR) is 101 cm³/mol. The van der Waals surface area contributed by atoms with Crippen molar-refractivity contribution in [3.8, 4) is 0 Å². The Balaban J connectivity index is 0. The van der Waals surface area contributed by atoms with E-state index in [2.05, 4.69) is 57.3 Å². The van der Waals surface area contributed by atoms with Crippen LogP contribution in [0.1, 0.15) is 71.4 Å². The van der Waals surface area contributed by atoms with Gasteiger partial charge in [-0.25, -0.2) is 0 Å². The topological polar surface area (TPSA) is 0 Å². The zero-order valence-corrected chi connectivity index (χ0v) is 15.2. The number of benzene rings is 1. The molecule has 0 aliphatic rings. The quantitative estimate of drug-likeness (QED) is 0.457. The summed E-state index contributed by atoms with van der Waals surface area (Å²) in [4.78, 5) is 0. The molecule has 0 N–H and O–H groups in total. The third-order valence-electron chi connectivity index (χ3n) is 3.23. The molecule has 1 unspecified atom stereocenters. The van der Waals surface area contributed by atoms with Crippen LogP contribution in [0.3, 0.4) is 0 Å². The van der Waals surface area contributed by atoms with Crippen molar-refractivity contribution in [1.82, 2.24) is 0 Å². The van der Waals surface area contributed by atoms with E-state index in [0.29, 0.717) is 5.92 Å². The van der Waals surface area contributed by atoms with Crippen LogP contribution in [0.4, 0.5) is 0 Å². The number of unbranched alkanes of at least 4 members (excludes halogenated alkanes) is 1. The number of allylic oxidation sites excluding steroid dienone is 2. The Bertz CT molecular complexity index is 356. The highest BCUT2D eigenvalue weighted by Gasteiger charge is 2.07. The lowest BCUT2D eigenvalue weighted by molar-refractivity contribution is 0.567.